The van der Waals surface area contributed by atoms with E-state index < -0.39 is 15.6 Å². The maximum Gasteiger partial charge on any atom is 0.569 e. The molecule has 0 unspecified atom stereocenters. The molecule has 0 heterocycles. The number of hydrogen-bond acceptors (Lipinski definition) is 5. The van der Waals surface area contributed by atoms with Gasteiger partial charge >= 0.3 is 23.3 Å². The molecule has 1 N–H and O–H groups in total. The van der Waals surface area contributed by atoms with E-state index in [-0.39, 0.29) is 16.6 Å². The van der Waals surface area contributed by atoms with Gasteiger partial charge in [-0.05, 0) is 357 Å². The van der Waals surface area contributed by atoms with Gasteiger partial charge in [0.15, 0.2) is 0 Å². The molecule has 26 aromatic rings. The van der Waals surface area contributed by atoms with Crippen molar-refractivity contribution in [1.29, 1.82) is 0 Å². The monoisotopic (exact) mass is 1730 g/mol. The summed E-state index contributed by atoms with van der Waals surface area (Å²) in [5, 5.41) is 52.5. The Kier molecular flexibility index (Phi) is 17.0. The molecule has 0 amide bonds. The van der Waals surface area contributed by atoms with Gasteiger partial charge in [0.25, 0.3) is 0 Å². The van der Waals surface area contributed by atoms with Gasteiger partial charge in [-0.3, -0.25) is 0 Å². The zero-order valence-electron chi connectivity index (χ0n) is 72.7. The summed E-state index contributed by atoms with van der Waals surface area (Å²) in [7, 11) is -5.11. The van der Waals surface area contributed by atoms with E-state index in [1.807, 2.05) is 48.5 Å². The lowest BCUT2D eigenvalue weighted by molar-refractivity contribution is -0.0500. The minimum absolute atomic E-state index is 0.159. The number of halogens is 3. The Morgan fingerprint density at radius 3 is 0.820 bits per heavy atom. The Labute approximate surface area is 763 Å². The second-order valence-electron chi connectivity index (χ2n) is 37.0. The quantitative estimate of drug-likeness (QED) is 0.0745. The number of benzene rings is 26. The van der Waals surface area contributed by atoms with Crippen LogP contribution in [-0.4, -0.2) is 26.6 Å². The van der Waals surface area contributed by atoms with Crippen LogP contribution in [0.2, 0.25) is 0 Å². The summed E-state index contributed by atoms with van der Waals surface area (Å²) in [6.07, 6.45) is 0. The van der Waals surface area contributed by atoms with Crippen molar-refractivity contribution in [1.82, 2.24) is 0 Å². The summed E-state index contributed by atoms with van der Waals surface area (Å²) < 4.78 is 72.6. The van der Waals surface area contributed by atoms with Crippen LogP contribution in [-0.2, 0) is 20.9 Å². The van der Waals surface area contributed by atoms with Crippen LogP contribution >= 0.6 is 0 Å². The van der Waals surface area contributed by atoms with Crippen molar-refractivity contribution < 1.29 is 35.5 Å². The zero-order chi connectivity index (χ0) is 89.4. The summed E-state index contributed by atoms with van der Waals surface area (Å²) in [5.74, 6) is 0.225. The lowest BCUT2D eigenvalue weighted by atomic mass is 9.80. The molecule has 0 saturated carbocycles. The van der Waals surface area contributed by atoms with Crippen molar-refractivity contribution in [3.63, 3.8) is 0 Å². The molecule has 0 atom stereocenters. The lowest BCUT2D eigenvalue weighted by Gasteiger charge is -2.23. The van der Waals surface area contributed by atoms with Crippen LogP contribution in [0, 0.1) is 0 Å². The van der Waals surface area contributed by atoms with E-state index in [0.29, 0.717) is 18.8 Å². The molecule has 2 aliphatic rings. The maximum atomic E-state index is 13.1. The molecule has 0 fully saturated rings. The van der Waals surface area contributed by atoms with Gasteiger partial charge < -0.3 is 13.9 Å². The third-order valence-electron chi connectivity index (χ3n) is 29.4. The van der Waals surface area contributed by atoms with Crippen molar-refractivity contribution in [3.05, 3.63) is 411 Å². The van der Waals surface area contributed by atoms with Gasteiger partial charge in [-0.25, -0.2) is 0 Å². The van der Waals surface area contributed by atoms with Crippen molar-refractivity contribution in [3.8, 4) is 67.1 Å². The van der Waals surface area contributed by atoms with Crippen LogP contribution in [0.5, 0.6) is 11.5 Å². The van der Waals surface area contributed by atoms with Gasteiger partial charge in [-0.1, -0.05) is 331 Å². The summed E-state index contributed by atoms with van der Waals surface area (Å²) in [5.41, 5.74) is 11.5. The number of rotatable bonds is 7. The van der Waals surface area contributed by atoms with E-state index in [4.69, 9.17) is 9.68 Å². The Morgan fingerprint density at radius 1 is 0.233 bits per heavy atom. The van der Waals surface area contributed by atoms with Crippen LogP contribution in [0.1, 0.15) is 49.9 Å². The van der Waals surface area contributed by atoms with Crippen LogP contribution < -0.4 is 8.84 Å². The normalized spacial score (nSPS) is 13.4. The molecule has 0 spiro atoms. The molecule has 629 valence electrons. The Morgan fingerprint density at radius 2 is 0.481 bits per heavy atom. The number of fused-ring (bicyclic) bond motifs is 30. The highest BCUT2D eigenvalue weighted by molar-refractivity contribution is 7.88. The SMILES string of the molecule is CC1(C)c2cc3c4ccccc4c4ccccc4c3cc2-c2cc3c4ccccc4c4cc(-c5ccc(-c6ccc7ccc8cccc9ccc6c7c89)cc5)ccc4c3cc21.CC1(C)c2cc3c4ccccc4c4ccccc4c3cc2-c2cc3c4ccccc4c4cc(OS(=O)(=O)C(F)(F)F)ccc4c3cc21.O[B]Oc1ccc(-c2ccc3ccc4cccc5ccc2c3c45)cc1. The van der Waals surface area contributed by atoms with Crippen molar-refractivity contribution in [2.24, 2.45) is 0 Å². The summed E-state index contributed by atoms with van der Waals surface area (Å²) in [6, 6.07) is 139. The third-order valence-corrected chi connectivity index (χ3v) is 30.4. The zero-order valence-corrected chi connectivity index (χ0v) is 73.5. The number of hydrogen-bond donors (Lipinski definition) is 1. The molecule has 0 aromatic heterocycles. The van der Waals surface area contributed by atoms with Crippen molar-refractivity contribution in [2.75, 3.05) is 0 Å². The molecule has 0 aliphatic heterocycles. The second kappa shape index (κ2) is 28.9. The summed E-state index contributed by atoms with van der Waals surface area (Å²) in [6.45, 7) is 9.31. The van der Waals surface area contributed by atoms with E-state index in [9.17, 15) is 21.6 Å². The first-order valence-corrected chi connectivity index (χ1v) is 46.5. The van der Waals surface area contributed by atoms with Crippen LogP contribution in [0.3, 0.4) is 0 Å². The molecule has 133 heavy (non-hydrogen) atoms. The Balaban J connectivity index is 0.000000113. The number of alkyl halides is 3. The van der Waals surface area contributed by atoms with Crippen LogP contribution in [0.4, 0.5) is 13.2 Å². The third kappa shape index (κ3) is 11.8. The fraction of sp³-hybridized carbons (Fsp3) is 0.0569. The van der Waals surface area contributed by atoms with Gasteiger partial charge in [-0.2, -0.15) is 21.6 Å². The average Bonchev–Trinajstić information content (AvgIpc) is 1.37. The molecule has 2 aliphatic carbocycles. The van der Waals surface area contributed by atoms with Crippen LogP contribution in [0.25, 0.3) is 250 Å². The second-order valence-corrected chi connectivity index (χ2v) is 38.5. The Bertz CT molecular complexity index is 9670. The minimum Gasteiger partial charge on any atom is -0.537 e. The van der Waals surface area contributed by atoms with Gasteiger partial charge in [0.05, 0.1) is 0 Å². The van der Waals surface area contributed by atoms with Crippen LogP contribution in [0.15, 0.2) is 388 Å². The van der Waals surface area contributed by atoms with Gasteiger partial charge in [0.2, 0.25) is 0 Å². The average molecular weight is 1730 g/mol. The fourth-order valence-corrected chi connectivity index (χ4v) is 23.6. The molecule has 28 rings (SSSR count). The molecular weight excluding hydrogens is 1660 g/mol. The summed E-state index contributed by atoms with van der Waals surface area (Å²) in [4.78, 5) is 0. The Hall–Kier alpha value is -15.7. The molecule has 10 heteroatoms. The van der Waals surface area contributed by atoms with E-state index in [1.165, 1.54) is 235 Å². The molecule has 5 nitrogen and oxygen atoms in total. The molecule has 0 bridgehead atoms. The standard InChI is InChI=1S/C61H38.C40H25F3O3S.C22H14BO2/c1-61(2)57-33-53-45-15-6-4-13-43(45)42-12-3-5-14-44(42)51(53)31-55(57)56-32-52-47-17-8-7-16-46(47)50-30-40(26-28-48(50)54(52)34-58(56)61)35-18-20-36(21-19-35)41-27-24-39-23-22-37-10-9-11-38-25-29-49(41)60(39)59(37)38;1-39(2)37-20-33-26-12-6-4-10-24(26)23-9-3-5-11-25(23)31(33)18-35(37)36-19-32-28-14-8-7-13-27(28)30-17-22(46-47(44,45)40(41,42)43)15-16-29(30)34(32)21-38(36)39;24-23-25-18-10-6-14(7-11-18)19-12-8-17-5-4-15-2-1-3-16-9-13-20(19)22(17)21(15)16/h3-34H,1-2H3;3-21H,1-2H3;1-13,24H. The molecular formula is C123H77BF3O5S. The highest BCUT2D eigenvalue weighted by Crippen LogP contribution is 2.57. The first-order chi connectivity index (χ1) is 64.8. The smallest absolute Gasteiger partial charge is 0.537 e. The minimum atomic E-state index is -5.81. The van der Waals surface area contributed by atoms with Gasteiger partial charge in [-0.15, -0.1) is 0 Å². The first kappa shape index (κ1) is 78.3. The van der Waals surface area contributed by atoms with Gasteiger partial charge in [0.1, 0.15) is 11.5 Å². The van der Waals surface area contributed by atoms with Gasteiger partial charge in [0, 0.05) is 10.8 Å². The topological polar surface area (TPSA) is 72.8 Å². The lowest BCUT2D eigenvalue weighted by Crippen LogP contribution is -2.28. The molecule has 1 radical (unpaired) electrons. The maximum absolute atomic E-state index is 13.1. The summed E-state index contributed by atoms with van der Waals surface area (Å²) >= 11 is 0. The van der Waals surface area contributed by atoms with E-state index >= 15 is 0 Å². The fourth-order valence-electron chi connectivity index (χ4n) is 23.1. The highest BCUT2D eigenvalue weighted by atomic mass is 32.2. The first-order valence-electron chi connectivity index (χ1n) is 45.1. The molecule has 0 saturated heterocycles. The molecule has 26 aromatic carbocycles. The largest absolute Gasteiger partial charge is 0.569 e. The van der Waals surface area contributed by atoms with Crippen molar-refractivity contribution >= 4 is 212 Å². The van der Waals surface area contributed by atoms with E-state index in [1.54, 1.807) is 6.07 Å². The van der Waals surface area contributed by atoms with Crippen molar-refractivity contribution in [2.45, 2.75) is 44.0 Å². The predicted octanol–water partition coefficient (Wildman–Crippen LogP) is 33.4. The van der Waals surface area contributed by atoms with E-state index in [0.717, 1.165) is 43.6 Å². The van der Waals surface area contributed by atoms with E-state index in [2.05, 4.69) is 353 Å². The highest BCUT2D eigenvalue weighted by Gasteiger charge is 2.49. The predicted molar refractivity (Wildman–Crippen MR) is 552 cm³/mol.